The first-order valence-corrected chi connectivity index (χ1v) is 9.74. The molecule has 1 aliphatic rings. The molecule has 0 saturated carbocycles. The Morgan fingerprint density at radius 3 is 2.55 bits per heavy atom. The number of halogens is 1. The lowest BCUT2D eigenvalue weighted by molar-refractivity contribution is 0.647. The number of nitrogens with one attached hydrogen (secondary N) is 1. The van der Waals surface area contributed by atoms with Gasteiger partial charge in [-0.1, -0.05) is 42.5 Å². The molecular formula is C18H24ClNS2. The third-order valence-corrected chi connectivity index (χ3v) is 7.57. The summed E-state index contributed by atoms with van der Waals surface area (Å²) in [5, 5.41) is 6.10. The van der Waals surface area contributed by atoms with Crippen molar-refractivity contribution in [1.82, 2.24) is 5.32 Å². The zero-order valence-electron chi connectivity index (χ0n) is 13.0. The van der Waals surface area contributed by atoms with Gasteiger partial charge in [0.15, 0.2) is 0 Å². The van der Waals surface area contributed by atoms with Crippen molar-refractivity contribution in [2.45, 2.75) is 23.3 Å². The van der Waals surface area contributed by atoms with Gasteiger partial charge in [-0.25, -0.2) is 0 Å². The summed E-state index contributed by atoms with van der Waals surface area (Å²) in [5.41, 5.74) is 1.53. The molecule has 4 heteroatoms. The molecular weight excluding hydrogens is 330 g/mol. The summed E-state index contributed by atoms with van der Waals surface area (Å²) in [4.78, 5) is 0. The molecule has 2 aromatic carbocycles. The van der Waals surface area contributed by atoms with E-state index in [0.29, 0.717) is 0 Å². The van der Waals surface area contributed by atoms with Gasteiger partial charge in [0.25, 0.3) is 0 Å². The average Bonchev–Trinajstić information content (AvgIpc) is 2.55. The zero-order valence-corrected chi connectivity index (χ0v) is 15.5. The van der Waals surface area contributed by atoms with Crippen LogP contribution in [0.15, 0.2) is 42.5 Å². The first-order chi connectivity index (χ1) is 10.4. The summed E-state index contributed by atoms with van der Waals surface area (Å²) in [7, 11) is 2.05. The van der Waals surface area contributed by atoms with Crippen molar-refractivity contribution >= 4 is 46.7 Å². The van der Waals surface area contributed by atoms with Crippen LogP contribution in [0.3, 0.4) is 0 Å². The van der Waals surface area contributed by atoms with E-state index in [1.807, 2.05) is 7.05 Å². The van der Waals surface area contributed by atoms with Gasteiger partial charge in [0.2, 0.25) is 0 Å². The summed E-state index contributed by atoms with van der Waals surface area (Å²) < 4.78 is 0.246. The molecule has 1 nitrogen and oxygen atoms in total. The minimum atomic E-state index is 0. The predicted octanol–water partition coefficient (Wildman–Crippen LogP) is 5.28. The highest BCUT2D eigenvalue weighted by molar-refractivity contribution is 8.18. The third kappa shape index (κ3) is 3.76. The van der Waals surface area contributed by atoms with E-state index >= 15 is 0 Å². The molecule has 1 fully saturated rings. The molecule has 1 heterocycles. The summed E-state index contributed by atoms with van der Waals surface area (Å²) in [6, 6.07) is 15.7. The topological polar surface area (TPSA) is 12.0 Å². The van der Waals surface area contributed by atoms with Crippen LogP contribution in [0.5, 0.6) is 0 Å². The summed E-state index contributed by atoms with van der Waals surface area (Å²) >= 11 is 4.33. The van der Waals surface area contributed by atoms with Gasteiger partial charge in [0.05, 0.1) is 4.08 Å². The number of benzene rings is 2. The normalized spacial score (nSPS) is 17.1. The summed E-state index contributed by atoms with van der Waals surface area (Å²) in [6.45, 7) is 1.10. The molecule has 120 valence electrons. The van der Waals surface area contributed by atoms with E-state index in [2.05, 4.69) is 71.3 Å². The van der Waals surface area contributed by atoms with Crippen LogP contribution < -0.4 is 5.32 Å². The van der Waals surface area contributed by atoms with E-state index in [4.69, 9.17) is 0 Å². The molecule has 1 aliphatic heterocycles. The molecule has 0 amide bonds. The smallest absolute Gasteiger partial charge is 0.0866 e. The van der Waals surface area contributed by atoms with E-state index in [-0.39, 0.29) is 16.5 Å². The van der Waals surface area contributed by atoms with Crippen molar-refractivity contribution < 1.29 is 0 Å². The Kier molecular flexibility index (Phi) is 6.94. The summed E-state index contributed by atoms with van der Waals surface area (Å²) in [6.07, 6.45) is 3.82. The lowest BCUT2D eigenvalue weighted by atomic mass is 9.99. The number of hydrogen-bond donors (Lipinski definition) is 1. The van der Waals surface area contributed by atoms with Crippen molar-refractivity contribution in [3.63, 3.8) is 0 Å². The Balaban J connectivity index is 0.00000176. The van der Waals surface area contributed by atoms with Crippen LogP contribution in [0, 0.1) is 0 Å². The average molecular weight is 354 g/mol. The largest absolute Gasteiger partial charge is 0.320 e. The second-order valence-electron chi connectivity index (χ2n) is 5.54. The highest BCUT2D eigenvalue weighted by Gasteiger charge is 2.36. The van der Waals surface area contributed by atoms with Crippen LogP contribution in [0.2, 0.25) is 0 Å². The van der Waals surface area contributed by atoms with Crippen molar-refractivity contribution in [2.75, 3.05) is 25.1 Å². The number of rotatable bonds is 5. The van der Waals surface area contributed by atoms with Crippen LogP contribution in [0.1, 0.15) is 24.8 Å². The Hall–Kier alpha value is -0.350. The van der Waals surface area contributed by atoms with Gasteiger partial charge in [-0.2, -0.15) is 0 Å². The van der Waals surface area contributed by atoms with E-state index in [1.165, 1.54) is 47.1 Å². The summed E-state index contributed by atoms with van der Waals surface area (Å²) in [5.74, 6) is 2.57. The molecule has 0 unspecified atom stereocenters. The van der Waals surface area contributed by atoms with Crippen molar-refractivity contribution in [3.05, 3.63) is 48.0 Å². The first kappa shape index (κ1) is 18.0. The van der Waals surface area contributed by atoms with Crippen LogP contribution in [-0.2, 0) is 4.08 Å². The van der Waals surface area contributed by atoms with Crippen LogP contribution in [0.25, 0.3) is 10.8 Å². The second kappa shape index (κ2) is 8.49. The highest BCUT2D eigenvalue weighted by Crippen LogP contribution is 2.54. The SMILES string of the molecule is CNCCCC1(c2cccc3ccccc23)SCCCS1.Cl. The Bertz CT molecular complexity index is 591. The minimum absolute atomic E-state index is 0. The fourth-order valence-electron chi connectivity index (χ4n) is 3.06. The molecule has 22 heavy (non-hydrogen) atoms. The molecule has 0 radical (unpaired) electrons. The standard InChI is InChI=1S/C18H23NS2.ClH/c1-19-12-5-11-18(20-13-6-14-21-18)17-10-4-8-15-7-2-3-9-16(15)17;/h2-4,7-10,19H,5-6,11-14H2,1H3;1H. The van der Waals surface area contributed by atoms with Gasteiger partial charge in [0.1, 0.15) is 0 Å². The Morgan fingerprint density at radius 1 is 1.05 bits per heavy atom. The molecule has 1 saturated heterocycles. The minimum Gasteiger partial charge on any atom is -0.320 e. The maximum atomic E-state index is 3.29. The molecule has 0 spiro atoms. The number of hydrogen-bond acceptors (Lipinski definition) is 3. The molecule has 2 aromatic rings. The van der Waals surface area contributed by atoms with Crippen molar-refractivity contribution in [2.24, 2.45) is 0 Å². The molecule has 0 atom stereocenters. The maximum absolute atomic E-state index is 3.29. The first-order valence-electron chi connectivity index (χ1n) is 7.76. The molecule has 1 N–H and O–H groups in total. The van der Waals surface area contributed by atoms with E-state index < -0.39 is 0 Å². The van der Waals surface area contributed by atoms with Crippen molar-refractivity contribution in [3.8, 4) is 0 Å². The van der Waals surface area contributed by atoms with Gasteiger partial charge in [-0.15, -0.1) is 35.9 Å². The van der Waals surface area contributed by atoms with Gasteiger partial charge in [-0.05, 0) is 60.7 Å². The Labute approximate surface area is 148 Å². The molecule has 0 aliphatic carbocycles. The molecule has 0 bridgehead atoms. The fraction of sp³-hybridized carbons (Fsp3) is 0.444. The van der Waals surface area contributed by atoms with Crippen LogP contribution in [-0.4, -0.2) is 25.1 Å². The van der Waals surface area contributed by atoms with Crippen LogP contribution >= 0.6 is 35.9 Å². The van der Waals surface area contributed by atoms with Gasteiger partial charge >= 0.3 is 0 Å². The predicted molar refractivity (Wildman–Crippen MR) is 106 cm³/mol. The van der Waals surface area contributed by atoms with E-state index in [1.54, 1.807) is 0 Å². The lowest BCUT2D eigenvalue weighted by Crippen LogP contribution is -2.24. The third-order valence-electron chi connectivity index (χ3n) is 4.09. The van der Waals surface area contributed by atoms with E-state index in [0.717, 1.165) is 6.54 Å². The number of thioether (sulfide) groups is 2. The van der Waals surface area contributed by atoms with E-state index in [9.17, 15) is 0 Å². The fourth-order valence-corrected chi connectivity index (χ4v) is 6.56. The van der Waals surface area contributed by atoms with Crippen LogP contribution in [0.4, 0.5) is 0 Å². The number of fused-ring (bicyclic) bond motifs is 1. The highest BCUT2D eigenvalue weighted by atomic mass is 35.5. The monoisotopic (exact) mass is 353 g/mol. The Morgan fingerprint density at radius 2 is 1.77 bits per heavy atom. The van der Waals surface area contributed by atoms with Gasteiger partial charge < -0.3 is 5.32 Å². The molecule has 3 rings (SSSR count). The second-order valence-corrected chi connectivity index (χ2v) is 8.58. The lowest BCUT2D eigenvalue weighted by Gasteiger charge is -2.37. The van der Waals surface area contributed by atoms with Gasteiger partial charge in [0, 0.05) is 0 Å². The zero-order chi connectivity index (χ0) is 14.5. The molecule has 0 aromatic heterocycles. The van der Waals surface area contributed by atoms with Gasteiger partial charge in [-0.3, -0.25) is 0 Å². The van der Waals surface area contributed by atoms with Crippen molar-refractivity contribution in [1.29, 1.82) is 0 Å². The quantitative estimate of drug-likeness (QED) is 0.734. The maximum Gasteiger partial charge on any atom is 0.0866 e.